The maximum absolute atomic E-state index is 10.3. The molecule has 0 saturated carbocycles. The summed E-state index contributed by atoms with van der Waals surface area (Å²) in [5, 5.41) is 35.8. The Bertz CT molecular complexity index is 1240. The van der Waals surface area contributed by atoms with Crippen molar-refractivity contribution in [3.05, 3.63) is 113 Å². The third-order valence-electron chi connectivity index (χ3n) is 5.76. The van der Waals surface area contributed by atoms with Gasteiger partial charge in [0.25, 0.3) is 0 Å². The van der Waals surface area contributed by atoms with E-state index in [4.69, 9.17) is 0 Å². The minimum atomic E-state index is -0.867. The van der Waals surface area contributed by atoms with Gasteiger partial charge in [0, 0.05) is 33.3 Å². The molecule has 0 saturated heterocycles. The molecule has 0 radical (unpaired) electrons. The average molecular weight is 487 g/mol. The van der Waals surface area contributed by atoms with E-state index in [1.54, 1.807) is 23.9 Å². The first-order valence-electron chi connectivity index (χ1n) is 11.6. The second-order valence-electron chi connectivity index (χ2n) is 8.37. The van der Waals surface area contributed by atoms with Gasteiger partial charge in [0.15, 0.2) is 0 Å². The first-order chi connectivity index (χ1) is 17.0. The van der Waals surface area contributed by atoms with E-state index in [1.165, 1.54) is 21.4 Å². The Hall–Kier alpha value is -3.29. The number of benzene rings is 4. The summed E-state index contributed by atoms with van der Waals surface area (Å²) >= 11 is 1.77. The molecule has 0 aliphatic heterocycles. The van der Waals surface area contributed by atoms with Gasteiger partial charge in [0.1, 0.15) is 12.0 Å². The number of aliphatic hydroxyl groups is 2. The fourth-order valence-corrected chi connectivity index (χ4v) is 4.60. The van der Waals surface area contributed by atoms with E-state index < -0.39 is 6.23 Å². The quantitative estimate of drug-likeness (QED) is 0.179. The third-order valence-corrected chi connectivity index (χ3v) is 6.95. The summed E-state index contributed by atoms with van der Waals surface area (Å²) < 4.78 is 0. The lowest BCUT2D eigenvalue weighted by Crippen LogP contribution is -2.23. The molecule has 0 aromatic heterocycles. The van der Waals surface area contributed by atoms with Crippen LogP contribution in [-0.2, 0) is 13.0 Å². The predicted octanol–water partition coefficient (Wildman–Crippen LogP) is 5.91. The molecule has 0 bridgehead atoms. The van der Waals surface area contributed by atoms with E-state index in [9.17, 15) is 15.3 Å². The zero-order chi connectivity index (χ0) is 24.6. The van der Waals surface area contributed by atoms with Crippen molar-refractivity contribution < 1.29 is 15.3 Å². The lowest BCUT2D eigenvalue weighted by Gasteiger charge is -2.15. The van der Waals surface area contributed by atoms with Crippen molar-refractivity contribution in [3.8, 4) is 5.75 Å². The van der Waals surface area contributed by atoms with Gasteiger partial charge in [-0.1, -0.05) is 48.2 Å². The highest BCUT2D eigenvalue weighted by molar-refractivity contribution is 7.99. The van der Waals surface area contributed by atoms with Crippen LogP contribution < -0.4 is 10.6 Å². The van der Waals surface area contributed by atoms with Crippen molar-refractivity contribution in [2.45, 2.75) is 36.0 Å². The van der Waals surface area contributed by atoms with E-state index in [-0.39, 0.29) is 12.4 Å². The van der Waals surface area contributed by atoms with E-state index in [0.717, 1.165) is 23.4 Å². The highest BCUT2D eigenvalue weighted by Crippen LogP contribution is 2.31. The van der Waals surface area contributed by atoms with Crippen LogP contribution in [0.15, 0.2) is 101 Å². The number of phenols is 1. The molecule has 5 nitrogen and oxygen atoms in total. The summed E-state index contributed by atoms with van der Waals surface area (Å²) in [6.45, 7) is 2.44. The van der Waals surface area contributed by atoms with Gasteiger partial charge in [-0.15, -0.1) is 0 Å². The van der Waals surface area contributed by atoms with Gasteiger partial charge in [-0.05, 0) is 84.6 Å². The molecule has 0 heterocycles. The topological polar surface area (TPSA) is 84.8 Å². The SMILES string of the molecule is Cc1ccccc1Sc1ccc(Nc2ccc(CCNC(O)c3ccc(O)c(CO)c3)cc2)cc1. The Morgan fingerprint density at radius 1 is 0.857 bits per heavy atom. The first-order valence-corrected chi connectivity index (χ1v) is 12.4. The van der Waals surface area contributed by atoms with Crippen molar-refractivity contribution in [1.82, 2.24) is 5.32 Å². The van der Waals surface area contributed by atoms with Gasteiger partial charge in [-0.3, -0.25) is 5.32 Å². The van der Waals surface area contributed by atoms with Crippen LogP contribution in [0.25, 0.3) is 0 Å². The van der Waals surface area contributed by atoms with Crippen LogP contribution >= 0.6 is 11.8 Å². The maximum Gasteiger partial charge on any atom is 0.131 e. The first kappa shape index (κ1) is 24.8. The molecule has 6 heteroatoms. The summed E-state index contributed by atoms with van der Waals surface area (Å²) in [6.07, 6.45) is -0.110. The lowest BCUT2D eigenvalue weighted by molar-refractivity contribution is 0.139. The number of aryl methyl sites for hydroxylation is 1. The molecule has 1 unspecified atom stereocenters. The van der Waals surface area contributed by atoms with Crippen molar-refractivity contribution >= 4 is 23.1 Å². The minimum absolute atomic E-state index is 0.0225. The Morgan fingerprint density at radius 3 is 2.23 bits per heavy atom. The predicted molar refractivity (Wildman–Crippen MR) is 142 cm³/mol. The molecular formula is C29H30N2O3S. The molecule has 4 aromatic rings. The standard InChI is InChI=1S/C29H30N2O3S/c1-20-4-2-3-5-28(20)35-26-13-11-25(12-14-26)31-24-9-6-21(7-10-24)16-17-30-29(34)22-8-15-27(33)23(18-22)19-32/h2-15,18,29-34H,16-17,19H2,1H3. The molecule has 0 amide bonds. The van der Waals surface area contributed by atoms with Gasteiger partial charge in [-0.2, -0.15) is 0 Å². The van der Waals surface area contributed by atoms with Crippen molar-refractivity contribution in [2.24, 2.45) is 0 Å². The summed E-state index contributed by atoms with van der Waals surface area (Å²) in [7, 11) is 0. The van der Waals surface area contributed by atoms with Gasteiger partial charge < -0.3 is 20.6 Å². The maximum atomic E-state index is 10.3. The smallest absolute Gasteiger partial charge is 0.131 e. The minimum Gasteiger partial charge on any atom is -0.508 e. The number of aromatic hydroxyl groups is 1. The van der Waals surface area contributed by atoms with Crippen LogP contribution in [0, 0.1) is 6.92 Å². The molecule has 0 aliphatic carbocycles. The number of rotatable bonds is 10. The molecule has 180 valence electrons. The number of hydrogen-bond donors (Lipinski definition) is 5. The van der Waals surface area contributed by atoms with Gasteiger partial charge in [-0.25, -0.2) is 0 Å². The second-order valence-corrected chi connectivity index (χ2v) is 9.48. The highest BCUT2D eigenvalue weighted by Gasteiger charge is 2.09. The van der Waals surface area contributed by atoms with Crippen molar-refractivity contribution in [1.29, 1.82) is 0 Å². The fourth-order valence-electron chi connectivity index (χ4n) is 3.70. The normalized spacial score (nSPS) is 11.9. The molecule has 0 fully saturated rings. The van der Waals surface area contributed by atoms with Crippen LogP contribution in [-0.4, -0.2) is 21.9 Å². The third kappa shape index (κ3) is 6.87. The Balaban J connectivity index is 1.26. The highest BCUT2D eigenvalue weighted by atomic mass is 32.2. The Morgan fingerprint density at radius 2 is 1.54 bits per heavy atom. The number of aliphatic hydroxyl groups excluding tert-OH is 2. The Kier molecular flexibility index (Phi) is 8.45. The average Bonchev–Trinajstić information content (AvgIpc) is 2.88. The second kappa shape index (κ2) is 11.9. The van der Waals surface area contributed by atoms with Crippen LogP contribution in [0.3, 0.4) is 0 Å². The van der Waals surface area contributed by atoms with E-state index in [1.807, 2.05) is 0 Å². The summed E-state index contributed by atoms with van der Waals surface area (Å²) in [5.74, 6) is 0.0225. The number of nitrogens with one attached hydrogen (secondary N) is 2. The number of anilines is 2. The monoisotopic (exact) mass is 486 g/mol. The van der Waals surface area contributed by atoms with Gasteiger partial charge >= 0.3 is 0 Å². The molecule has 4 rings (SSSR count). The molecule has 0 aliphatic rings. The van der Waals surface area contributed by atoms with E-state index in [2.05, 4.69) is 90.4 Å². The van der Waals surface area contributed by atoms with Crippen LogP contribution in [0.1, 0.15) is 28.5 Å². The summed E-state index contributed by atoms with van der Waals surface area (Å²) in [6, 6.07) is 29.8. The zero-order valence-electron chi connectivity index (χ0n) is 19.6. The van der Waals surface area contributed by atoms with Crippen molar-refractivity contribution in [2.75, 3.05) is 11.9 Å². The molecular weight excluding hydrogens is 456 g/mol. The van der Waals surface area contributed by atoms with Gasteiger partial charge in [0.2, 0.25) is 0 Å². The lowest BCUT2D eigenvalue weighted by atomic mass is 10.1. The molecule has 4 aromatic carbocycles. The Labute approximate surface area is 210 Å². The largest absolute Gasteiger partial charge is 0.508 e. The summed E-state index contributed by atoms with van der Waals surface area (Å²) in [5.41, 5.74) is 5.48. The van der Waals surface area contributed by atoms with Crippen molar-refractivity contribution in [3.63, 3.8) is 0 Å². The zero-order valence-corrected chi connectivity index (χ0v) is 20.4. The van der Waals surface area contributed by atoms with Crippen LogP contribution in [0.4, 0.5) is 11.4 Å². The molecule has 5 N–H and O–H groups in total. The van der Waals surface area contributed by atoms with Gasteiger partial charge in [0.05, 0.1) is 6.61 Å². The summed E-state index contributed by atoms with van der Waals surface area (Å²) in [4.78, 5) is 2.47. The van der Waals surface area contributed by atoms with Crippen LogP contribution in [0.2, 0.25) is 0 Å². The fraction of sp³-hybridized carbons (Fsp3) is 0.172. The van der Waals surface area contributed by atoms with E-state index in [0.29, 0.717) is 17.7 Å². The van der Waals surface area contributed by atoms with Crippen LogP contribution in [0.5, 0.6) is 5.75 Å². The number of hydrogen-bond acceptors (Lipinski definition) is 6. The van der Waals surface area contributed by atoms with E-state index >= 15 is 0 Å². The molecule has 1 atom stereocenters. The molecule has 35 heavy (non-hydrogen) atoms. The molecule has 0 spiro atoms.